The summed E-state index contributed by atoms with van der Waals surface area (Å²) in [5.74, 6) is -0.411. The standard InChI is InChI=1S/C22H21Cl2F3N4O3/c23-16-3-1-14(2-4-16)20(33)29-13-18(32)31-9-10-34-21(31)5-7-30(8-6-21)19-17(24)11-15(12-28-19)22(25,26)27/h1-4,11-12H,5-10,13H2,(H,29,33). The molecule has 2 aromatic rings. The fourth-order valence-corrected chi connectivity index (χ4v) is 4.63. The molecule has 2 amide bonds. The number of amides is 2. The molecule has 2 aliphatic heterocycles. The molecule has 0 bridgehead atoms. The highest BCUT2D eigenvalue weighted by Gasteiger charge is 2.47. The number of aromatic nitrogens is 1. The second-order valence-corrected chi connectivity index (χ2v) is 8.89. The van der Waals surface area contributed by atoms with Crippen molar-refractivity contribution in [1.82, 2.24) is 15.2 Å². The maximum absolute atomic E-state index is 12.9. The number of hydrogen-bond acceptors (Lipinski definition) is 5. The first-order valence-corrected chi connectivity index (χ1v) is 11.3. The average Bonchev–Trinajstić information content (AvgIpc) is 3.21. The van der Waals surface area contributed by atoms with Crippen LogP contribution >= 0.6 is 23.2 Å². The Hall–Kier alpha value is -2.56. The second kappa shape index (κ2) is 9.59. The molecular weight excluding hydrogens is 496 g/mol. The predicted octanol–water partition coefficient (Wildman–Crippen LogP) is 3.99. The number of rotatable bonds is 4. The zero-order chi connectivity index (χ0) is 24.5. The highest BCUT2D eigenvalue weighted by atomic mass is 35.5. The van der Waals surface area contributed by atoms with Crippen LogP contribution in [0.4, 0.5) is 19.0 Å². The van der Waals surface area contributed by atoms with Gasteiger partial charge in [-0.2, -0.15) is 13.2 Å². The summed E-state index contributed by atoms with van der Waals surface area (Å²) in [5.41, 5.74) is -1.36. The topological polar surface area (TPSA) is 74.8 Å². The number of pyridine rings is 1. The molecule has 2 fully saturated rings. The van der Waals surface area contributed by atoms with Crippen molar-refractivity contribution in [2.45, 2.75) is 24.7 Å². The number of ether oxygens (including phenoxy) is 1. The van der Waals surface area contributed by atoms with E-state index in [-0.39, 0.29) is 23.3 Å². The number of alkyl halides is 3. The Balaban J connectivity index is 1.37. The molecule has 1 N–H and O–H groups in total. The lowest BCUT2D eigenvalue weighted by atomic mass is 9.98. The van der Waals surface area contributed by atoms with Gasteiger partial charge in [0.1, 0.15) is 11.5 Å². The Morgan fingerprint density at radius 1 is 1.12 bits per heavy atom. The highest BCUT2D eigenvalue weighted by molar-refractivity contribution is 6.33. The van der Waals surface area contributed by atoms with E-state index in [4.69, 9.17) is 27.9 Å². The minimum absolute atomic E-state index is 0.0871. The van der Waals surface area contributed by atoms with E-state index in [1.165, 1.54) is 0 Å². The normalized spacial score (nSPS) is 17.8. The number of carbonyl (C=O) groups is 2. The Bertz CT molecular complexity index is 1070. The lowest BCUT2D eigenvalue weighted by Crippen LogP contribution is -2.56. The SMILES string of the molecule is O=C(NCC(=O)N1CCOC12CCN(c1ncc(C(F)(F)F)cc1Cl)CC2)c1ccc(Cl)cc1. The largest absolute Gasteiger partial charge is 0.417 e. The number of nitrogens with one attached hydrogen (secondary N) is 1. The summed E-state index contributed by atoms with van der Waals surface area (Å²) in [4.78, 5) is 32.5. The quantitative estimate of drug-likeness (QED) is 0.664. The first-order chi connectivity index (χ1) is 16.1. The maximum atomic E-state index is 12.9. The van der Waals surface area contributed by atoms with E-state index in [0.29, 0.717) is 49.7 Å². The molecule has 2 saturated heterocycles. The molecule has 1 aromatic carbocycles. The molecule has 2 aliphatic rings. The molecule has 182 valence electrons. The fourth-order valence-electron chi connectivity index (χ4n) is 4.22. The Morgan fingerprint density at radius 2 is 1.79 bits per heavy atom. The summed E-state index contributed by atoms with van der Waals surface area (Å²) in [5, 5.41) is 3.03. The monoisotopic (exact) mass is 516 g/mol. The van der Waals surface area contributed by atoms with Crippen LogP contribution in [-0.2, 0) is 15.7 Å². The summed E-state index contributed by atoms with van der Waals surface area (Å²) < 4.78 is 44.6. The van der Waals surface area contributed by atoms with Gasteiger partial charge in [-0.3, -0.25) is 9.59 Å². The lowest BCUT2D eigenvalue weighted by molar-refractivity contribution is -0.151. The molecule has 0 saturated carbocycles. The van der Waals surface area contributed by atoms with Crippen LogP contribution in [0.3, 0.4) is 0 Å². The zero-order valence-electron chi connectivity index (χ0n) is 17.9. The molecule has 4 rings (SSSR count). The number of hydrogen-bond donors (Lipinski definition) is 1. The molecule has 0 radical (unpaired) electrons. The van der Waals surface area contributed by atoms with Crippen LogP contribution in [0.15, 0.2) is 36.5 Å². The molecule has 0 aliphatic carbocycles. The van der Waals surface area contributed by atoms with Crippen molar-refractivity contribution in [3.63, 3.8) is 0 Å². The number of halogens is 5. The van der Waals surface area contributed by atoms with Crippen molar-refractivity contribution < 1.29 is 27.5 Å². The van der Waals surface area contributed by atoms with Gasteiger partial charge in [0.2, 0.25) is 5.91 Å². The van der Waals surface area contributed by atoms with Gasteiger partial charge in [-0.25, -0.2) is 4.98 Å². The number of nitrogens with zero attached hydrogens (tertiary/aromatic N) is 3. The van der Waals surface area contributed by atoms with Gasteiger partial charge >= 0.3 is 6.18 Å². The van der Waals surface area contributed by atoms with Gasteiger partial charge in [0.25, 0.3) is 5.91 Å². The third kappa shape index (κ3) is 5.08. The van der Waals surface area contributed by atoms with Gasteiger partial charge in [0.05, 0.1) is 23.7 Å². The van der Waals surface area contributed by atoms with Crippen LogP contribution in [0, 0.1) is 0 Å². The number of anilines is 1. The van der Waals surface area contributed by atoms with Crippen molar-refractivity contribution in [2.24, 2.45) is 0 Å². The van der Waals surface area contributed by atoms with E-state index >= 15 is 0 Å². The molecule has 1 spiro atoms. The number of benzene rings is 1. The van der Waals surface area contributed by atoms with Crippen molar-refractivity contribution in [3.05, 3.63) is 57.7 Å². The minimum Gasteiger partial charge on any atom is -0.355 e. The maximum Gasteiger partial charge on any atom is 0.417 e. The van der Waals surface area contributed by atoms with Crippen LogP contribution in [0.1, 0.15) is 28.8 Å². The summed E-state index contributed by atoms with van der Waals surface area (Å²) in [6, 6.07) is 7.18. The fraction of sp³-hybridized carbons (Fsp3) is 0.409. The second-order valence-electron chi connectivity index (χ2n) is 8.04. The van der Waals surface area contributed by atoms with Gasteiger partial charge < -0.3 is 19.9 Å². The third-order valence-corrected chi connectivity index (χ3v) is 6.51. The van der Waals surface area contributed by atoms with E-state index in [1.807, 2.05) is 0 Å². The summed E-state index contributed by atoms with van der Waals surface area (Å²) in [7, 11) is 0. The molecule has 0 atom stereocenters. The molecule has 3 heterocycles. The predicted molar refractivity (Wildman–Crippen MR) is 120 cm³/mol. The van der Waals surface area contributed by atoms with E-state index in [2.05, 4.69) is 10.3 Å². The van der Waals surface area contributed by atoms with Crippen LogP contribution in [0.2, 0.25) is 10.0 Å². The average molecular weight is 517 g/mol. The summed E-state index contributed by atoms with van der Waals surface area (Å²) in [6.07, 6.45) is -2.93. The van der Waals surface area contributed by atoms with Gasteiger partial charge in [-0.05, 0) is 30.3 Å². The van der Waals surface area contributed by atoms with E-state index in [1.54, 1.807) is 34.1 Å². The Labute approximate surface area is 203 Å². The van der Waals surface area contributed by atoms with Gasteiger partial charge in [-0.1, -0.05) is 23.2 Å². The number of carbonyl (C=O) groups excluding carboxylic acids is 2. The third-order valence-electron chi connectivity index (χ3n) is 5.98. The van der Waals surface area contributed by atoms with Gasteiger partial charge in [-0.15, -0.1) is 0 Å². The van der Waals surface area contributed by atoms with E-state index in [0.717, 1.165) is 12.3 Å². The lowest BCUT2D eigenvalue weighted by Gasteiger charge is -2.44. The molecular formula is C22H21Cl2F3N4O3. The smallest absolute Gasteiger partial charge is 0.355 e. The molecule has 1 aromatic heterocycles. The van der Waals surface area contributed by atoms with E-state index in [9.17, 15) is 22.8 Å². The van der Waals surface area contributed by atoms with Gasteiger partial charge in [0, 0.05) is 49.3 Å². The van der Waals surface area contributed by atoms with Crippen LogP contribution < -0.4 is 10.2 Å². The molecule has 12 heteroatoms. The summed E-state index contributed by atoms with van der Waals surface area (Å²) in [6.45, 7) is 1.33. The summed E-state index contributed by atoms with van der Waals surface area (Å²) >= 11 is 11.9. The van der Waals surface area contributed by atoms with E-state index < -0.39 is 23.4 Å². The van der Waals surface area contributed by atoms with Crippen LogP contribution in [0.5, 0.6) is 0 Å². The highest BCUT2D eigenvalue weighted by Crippen LogP contribution is 2.38. The van der Waals surface area contributed by atoms with Crippen molar-refractivity contribution in [1.29, 1.82) is 0 Å². The Kier molecular flexibility index (Phi) is 6.93. The van der Waals surface area contributed by atoms with Gasteiger partial charge in [0.15, 0.2) is 0 Å². The number of piperidine rings is 1. The molecule has 0 unspecified atom stereocenters. The van der Waals surface area contributed by atoms with Crippen molar-refractivity contribution >= 4 is 40.8 Å². The first-order valence-electron chi connectivity index (χ1n) is 10.5. The molecule has 34 heavy (non-hydrogen) atoms. The minimum atomic E-state index is -4.53. The zero-order valence-corrected chi connectivity index (χ0v) is 19.4. The van der Waals surface area contributed by atoms with Crippen molar-refractivity contribution in [3.8, 4) is 0 Å². The first kappa shape index (κ1) is 24.6. The van der Waals surface area contributed by atoms with Crippen LogP contribution in [-0.4, -0.2) is 60.2 Å². The molecule has 7 nitrogen and oxygen atoms in total. The van der Waals surface area contributed by atoms with Crippen molar-refractivity contribution in [2.75, 3.05) is 37.7 Å². The van der Waals surface area contributed by atoms with Crippen LogP contribution in [0.25, 0.3) is 0 Å². The Morgan fingerprint density at radius 3 is 2.41 bits per heavy atom.